The predicted octanol–water partition coefficient (Wildman–Crippen LogP) is 2.81. The van der Waals surface area contributed by atoms with E-state index < -0.39 is 30.3 Å². The molecule has 0 amide bonds. The van der Waals surface area contributed by atoms with Gasteiger partial charge in [0.25, 0.3) is 0 Å². The van der Waals surface area contributed by atoms with Gasteiger partial charge in [0, 0.05) is 6.07 Å². The Bertz CT molecular complexity index is 440. The van der Waals surface area contributed by atoms with E-state index in [4.69, 9.17) is 11.5 Å². The first-order valence-electron chi connectivity index (χ1n) is 4.46. The molecule has 4 N–H and O–H groups in total. The van der Waals surface area contributed by atoms with E-state index in [-0.39, 0.29) is 11.4 Å². The topological polar surface area (TPSA) is 61.3 Å². The number of hydrogen-bond acceptors (Lipinski definition) is 3. The van der Waals surface area contributed by atoms with Gasteiger partial charge in [0.2, 0.25) is 0 Å². The van der Waals surface area contributed by atoms with Gasteiger partial charge < -0.3 is 16.2 Å². The van der Waals surface area contributed by atoms with Gasteiger partial charge in [-0.25, -0.2) is 0 Å². The van der Waals surface area contributed by atoms with E-state index in [2.05, 4.69) is 4.74 Å². The molecule has 1 rings (SSSR count). The summed E-state index contributed by atoms with van der Waals surface area (Å²) < 4.78 is 77.3. The largest absolute Gasteiger partial charge is 0.483 e. The van der Waals surface area contributed by atoms with E-state index >= 15 is 0 Å². The van der Waals surface area contributed by atoms with Crippen LogP contribution in [0.5, 0.6) is 5.75 Å². The number of benzene rings is 1. The van der Waals surface area contributed by atoms with E-state index in [1.54, 1.807) is 0 Å². The molecule has 0 aliphatic heterocycles. The number of nitrogens with two attached hydrogens (primary N) is 2. The van der Waals surface area contributed by atoms with Gasteiger partial charge in [-0.15, -0.1) is 0 Å². The summed E-state index contributed by atoms with van der Waals surface area (Å²) in [5.74, 6) is -1.01. The van der Waals surface area contributed by atoms with Crippen LogP contribution in [-0.2, 0) is 6.18 Å². The van der Waals surface area contributed by atoms with Crippen LogP contribution in [0.2, 0.25) is 0 Å². The average Bonchev–Trinajstić information content (AvgIpc) is 2.16. The highest BCUT2D eigenvalue weighted by atomic mass is 19.4. The third-order valence-corrected chi connectivity index (χ3v) is 1.88. The van der Waals surface area contributed by atoms with Crippen molar-refractivity contribution >= 4 is 11.4 Å². The van der Waals surface area contributed by atoms with Crippen LogP contribution in [0.3, 0.4) is 0 Å². The van der Waals surface area contributed by atoms with Crippen LogP contribution in [0.15, 0.2) is 12.1 Å². The number of anilines is 2. The summed E-state index contributed by atoms with van der Waals surface area (Å²) in [6.45, 7) is -1.85. The number of nitrogen functional groups attached to an aromatic ring is 2. The van der Waals surface area contributed by atoms with Gasteiger partial charge in [-0.3, -0.25) is 0 Å². The Hall–Kier alpha value is -1.80. The number of halogens is 6. The third-order valence-electron chi connectivity index (χ3n) is 1.88. The molecule has 3 nitrogen and oxygen atoms in total. The monoisotopic (exact) mass is 274 g/mol. The molecule has 0 spiro atoms. The lowest BCUT2D eigenvalue weighted by Gasteiger charge is -2.16. The Labute approximate surface area is 97.3 Å². The maximum absolute atomic E-state index is 12.5. The Kier molecular flexibility index (Phi) is 3.54. The average molecular weight is 274 g/mol. The molecule has 0 aromatic heterocycles. The highest BCUT2D eigenvalue weighted by molar-refractivity contribution is 5.68. The lowest BCUT2D eigenvalue weighted by atomic mass is 10.1. The maximum atomic E-state index is 12.5. The van der Waals surface area contributed by atoms with Crippen molar-refractivity contribution in [2.45, 2.75) is 12.4 Å². The molecule has 0 bridgehead atoms. The molecule has 0 unspecified atom stereocenters. The highest BCUT2D eigenvalue weighted by Gasteiger charge is 2.36. The van der Waals surface area contributed by atoms with Gasteiger partial charge in [-0.2, -0.15) is 26.3 Å². The van der Waals surface area contributed by atoms with E-state index in [0.717, 1.165) is 0 Å². The minimum Gasteiger partial charge on any atom is -0.483 e. The van der Waals surface area contributed by atoms with E-state index in [1.165, 1.54) is 0 Å². The Morgan fingerprint density at radius 2 is 1.44 bits per heavy atom. The lowest BCUT2D eigenvalue weighted by Crippen LogP contribution is -2.21. The minimum absolute atomic E-state index is 0.292. The van der Waals surface area contributed by atoms with Gasteiger partial charge in [0.05, 0.1) is 16.9 Å². The maximum Gasteiger partial charge on any atom is 0.422 e. The molecule has 1 aromatic rings. The summed E-state index contributed by atoms with van der Waals surface area (Å²) in [4.78, 5) is 0. The molecule has 0 fully saturated rings. The van der Waals surface area contributed by atoms with E-state index in [9.17, 15) is 26.3 Å². The predicted molar refractivity (Wildman–Crippen MR) is 51.8 cm³/mol. The molecule has 0 atom stereocenters. The van der Waals surface area contributed by atoms with Gasteiger partial charge in [-0.05, 0) is 6.07 Å². The van der Waals surface area contributed by atoms with Crippen LogP contribution >= 0.6 is 0 Å². The van der Waals surface area contributed by atoms with Gasteiger partial charge in [0.15, 0.2) is 6.61 Å². The minimum atomic E-state index is -4.89. The Morgan fingerprint density at radius 3 is 1.89 bits per heavy atom. The first kappa shape index (κ1) is 14.3. The normalized spacial score (nSPS) is 12.6. The van der Waals surface area contributed by atoms with Crippen LogP contribution in [-0.4, -0.2) is 12.8 Å². The molecule has 18 heavy (non-hydrogen) atoms. The fourth-order valence-electron chi connectivity index (χ4n) is 1.11. The fraction of sp³-hybridized carbons (Fsp3) is 0.333. The van der Waals surface area contributed by atoms with Crippen LogP contribution < -0.4 is 16.2 Å². The van der Waals surface area contributed by atoms with Gasteiger partial charge in [0.1, 0.15) is 5.75 Å². The fourth-order valence-corrected chi connectivity index (χ4v) is 1.11. The Balaban J connectivity index is 3.13. The van der Waals surface area contributed by atoms with Crippen molar-refractivity contribution in [1.29, 1.82) is 0 Å². The van der Waals surface area contributed by atoms with E-state index in [1.807, 2.05) is 0 Å². The van der Waals surface area contributed by atoms with Crippen molar-refractivity contribution in [3.63, 3.8) is 0 Å². The third kappa shape index (κ3) is 3.60. The van der Waals surface area contributed by atoms with Crippen LogP contribution in [0.4, 0.5) is 37.7 Å². The highest BCUT2D eigenvalue weighted by Crippen LogP contribution is 2.40. The lowest BCUT2D eigenvalue weighted by molar-refractivity contribution is -0.158. The van der Waals surface area contributed by atoms with Crippen LogP contribution in [0.1, 0.15) is 5.56 Å². The SMILES string of the molecule is Nc1cc(OCC(F)(F)F)c(C(F)(F)F)cc1N. The summed E-state index contributed by atoms with van der Waals surface area (Å²) >= 11 is 0. The second-order valence-corrected chi connectivity index (χ2v) is 3.38. The molecule has 0 heterocycles. The zero-order valence-corrected chi connectivity index (χ0v) is 8.69. The van der Waals surface area contributed by atoms with Crippen molar-refractivity contribution in [2.24, 2.45) is 0 Å². The zero-order chi connectivity index (χ0) is 14.1. The molecular formula is C9H8F6N2O. The quantitative estimate of drug-likeness (QED) is 0.644. The summed E-state index contributed by atoms with van der Waals surface area (Å²) in [7, 11) is 0. The smallest absolute Gasteiger partial charge is 0.422 e. The second-order valence-electron chi connectivity index (χ2n) is 3.38. The summed E-state index contributed by atoms with van der Waals surface area (Å²) in [5, 5.41) is 0. The van der Waals surface area contributed by atoms with Crippen molar-refractivity contribution in [3.8, 4) is 5.75 Å². The van der Waals surface area contributed by atoms with Crippen molar-refractivity contribution < 1.29 is 31.1 Å². The first-order valence-corrected chi connectivity index (χ1v) is 4.46. The second kappa shape index (κ2) is 4.46. The number of alkyl halides is 6. The summed E-state index contributed by atoms with van der Waals surface area (Å²) in [6.07, 6.45) is -9.64. The molecular weight excluding hydrogens is 266 g/mol. The van der Waals surface area contributed by atoms with Gasteiger partial charge in [-0.1, -0.05) is 0 Å². The molecule has 1 aromatic carbocycles. The van der Waals surface area contributed by atoms with Crippen molar-refractivity contribution in [3.05, 3.63) is 17.7 Å². The standard InChI is InChI=1S/C9H8F6N2O/c10-8(11,12)3-18-7-2-6(17)5(16)1-4(7)9(13,14)15/h1-2H,3,16-17H2. The number of ether oxygens (including phenoxy) is 1. The molecule has 0 saturated heterocycles. The first-order chi connectivity index (χ1) is 8.00. The van der Waals surface area contributed by atoms with Crippen molar-refractivity contribution in [1.82, 2.24) is 0 Å². The van der Waals surface area contributed by atoms with Gasteiger partial charge >= 0.3 is 12.4 Å². The molecule has 102 valence electrons. The number of rotatable bonds is 2. The van der Waals surface area contributed by atoms with Crippen molar-refractivity contribution in [2.75, 3.05) is 18.1 Å². The summed E-state index contributed by atoms with van der Waals surface area (Å²) in [6, 6.07) is 1.05. The zero-order valence-electron chi connectivity index (χ0n) is 8.69. The summed E-state index contributed by atoms with van der Waals surface area (Å²) in [5.41, 5.74) is 8.30. The Morgan fingerprint density at radius 1 is 0.944 bits per heavy atom. The molecule has 9 heteroatoms. The van der Waals surface area contributed by atoms with E-state index in [0.29, 0.717) is 12.1 Å². The number of hydrogen-bond donors (Lipinski definition) is 2. The van der Waals surface area contributed by atoms with Crippen LogP contribution in [0, 0.1) is 0 Å². The molecule has 0 aliphatic rings. The molecule has 0 saturated carbocycles. The van der Waals surface area contributed by atoms with Crippen LogP contribution in [0.25, 0.3) is 0 Å². The molecule has 0 aliphatic carbocycles. The molecule has 0 radical (unpaired) electrons.